The van der Waals surface area contributed by atoms with Crippen LogP contribution < -0.4 is 9.64 Å². The summed E-state index contributed by atoms with van der Waals surface area (Å²) in [5, 5.41) is 3.55. The summed E-state index contributed by atoms with van der Waals surface area (Å²) in [6.45, 7) is 6.34. The van der Waals surface area contributed by atoms with Gasteiger partial charge in [0.1, 0.15) is 12.4 Å². The molecule has 0 saturated carbocycles. The van der Waals surface area contributed by atoms with E-state index in [1.165, 1.54) is 0 Å². The first-order chi connectivity index (χ1) is 16.0. The average molecular weight is 550 g/mol. The lowest BCUT2D eigenvalue weighted by molar-refractivity contribution is -0.148. The summed E-state index contributed by atoms with van der Waals surface area (Å²) in [6.07, 6.45) is 1.57. The van der Waals surface area contributed by atoms with Crippen molar-refractivity contribution in [1.29, 1.82) is 0 Å². The van der Waals surface area contributed by atoms with Gasteiger partial charge in [-0.1, -0.05) is 39.7 Å². The molecular formula is C25H26BrClN2O3S. The Morgan fingerprint density at radius 3 is 2.79 bits per heavy atom. The SMILES string of the molecule is CCOC(=O)C1CCN(c2nc(-c3cccc(Cl)c3OCc3ccc(Br)cc3C)cs2)CC1. The third-order valence-corrected chi connectivity index (χ3v) is 7.49. The van der Waals surface area contributed by atoms with E-state index in [4.69, 9.17) is 26.1 Å². The van der Waals surface area contributed by atoms with Crippen molar-refractivity contribution in [2.45, 2.75) is 33.3 Å². The molecular weight excluding hydrogens is 524 g/mol. The second-order valence-electron chi connectivity index (χ2n) is 8.00. The van der Waals surface area contributed by atoms with E-state index in [1.807, 2.05) is 36.6 Å². The van der Waals surface area contributed by atoms with Crippen LogP contribution in [0.1, 0.15) is 30.9 Å². The molecule has 0 spiro atoms. The molecule has 0 atom stereocenters. The highest BCUT2D eigenvalue weighted by atomic mass is 79.9. The largest absolute Gasteiger partial charge is 0.487 e. The normalized spacial score (nSPS) is 14.4. The predicted octanol–water partition coefficient (Wildman–Crippen LogP) is 6.89. The van der Waals surface area contributed by atoms with Gasteiger partial charge in [0.05, 0.1) is 23.2 Å². The number of rotatable bonds is 7. The van der Waals surface area contributed by atoms with Crippen LogP contribution in [-0.4, -0.2) is 30.6 Å². The minimum absolute atomic E-state index is 0.0179. The zero-order valence-electron chi connectivity index (χ0n) is 18.6. The van der Waals surface area contributed by atoms with Gasteiger partial charge in [0.15, 0.2) is 5.13 Å². The Morgan fingerprint density at radius 1 is 1.27 bits per heavy atom. The number of esters is 1. The van der Waals surface area contributed by atoms with Crippen molar-refractivity contribution < 1.29 is 14.3 Å². The van der Waals surface area contributed by atoms with Crippen LogP contribution in [0.3, 0.4) is 0 Å². The van der Waals surface area contributed by atoms with Gasteiger partial charge in [-0.2, -0.15) is 0 Å². The maximum atomic E-state index is 12.0. The number of hydrogen-bond acceptors (Lipinski definition) is 6. The fourth-order valence-electron chi connectivity index (χ4n) is 3.93. The van der Waals surface area contributed by atoms with Crippen molar-refractivity contribution in [2.24, 2.45) is 5.92 Å². The summed E-state index contributed by atoms with van der Waals surface area (Å²) < 4.78 is 12.4. The Morgan fingerprint density at radius 2 is 2.06 bits per heavy atom. The molecule has 0 N–H and O–H groups in total. The molecule has 0 radical (unpaired) electrons. The molecule has 2 aromatic carbocycles. The van der Waals surface area contributed by atoms with Gasteiger partial charge in [-0.05, 0) is 62.1 Å². The molecule has 5 nitrogen and oxygen atoms in total. The Kier molecular flexibility index (Phi) is 7.94. The average Bonchev–Trinajstić information content (AvgIpc) is 3.29. The number of piperidine rings is 1. The zero-order chi connectivity index (χ0) is 23.4. The molecule has 1 aromatic heterocycles. The molecule has 8 heteroatoms. The second kappa shape index (κ2) is 10.9. The third-order valence-electron chi connectivity index (χ3n) is 5.80. The highest BCUT2D eigenvalue weighted by Crippen LogP contribution is 2.39. The molecule has 4 rings (SSSR count). The summed E-state index contributed by atoms with van der Waals surface area (Å²) in [5.74, 6) is 0.536. The lowest BCUT2D eigenvalue weighted by Crippen LogP contribution is -2.36. The molecule has 1 fully saturated rings. The number of nitrogens with zero attached hydrogens (tertiary/aromatic N) is 2. The summed E-state index contributed by atoms with van der Waals surface area (Å²) >= 11 is 11.6. The highest BCUT2D eigenvalue weighted by molar-refractivity contribution is 9.10. The summed E-state index contributed by atoms with van der Waals surface area (Å²) in [7, 11) is 0. The fraction of sp³-hybridized carbons (Fsp3) is 0.360. The Hall–Kier alpha value is -2.09. The first-order valence-corrected chi connectivity index (χ1v) is 13.0. The summed E-state index contributed by atoms with van der Waals surface area (Å²) in [4.78, 5) is 19.1. The van der Waals surface area contributed by atoms with Gasteiger partial charge < -0.3 is 14.4 Å². The number of aryl methyl sites for hydroxylation is 1. The number of benzene rings is 2. The molecule has 33 heavy (non-hydrogen) atoms. The van der Waals surface area contributed by atoms with Crippen molar-refractivity contribution >= 4 is 50.0 Å². The van der Waals surface area contributed by atoms with E-state index in [1.54, 1.807) is 11.3 Å². The van der Waals surface area contributed by atoms with Crippen LogP contribution in [0.25, 0.3) is 11.3 Å². The topological polar surface area (TPSA) is 51.7 Å². The standard InChI is InChI=1S/C25H26BrClN2O3S/c1-3-31-24(30)17-9-11-29(12-10-17)25-28-22(15-33-25)20-5-4-6-21(27)23(20)32-14-18-7-8-19(26)13-16(18)2/h4-8,13,15,17H,3,9-12,14H2,1-2H3. The Bertz CT molecular complexity index is 1130. The number of para-hydroxylation sites is 1. The second-order valence-corrected chi connectivity index (χ2v) is 10.2. The van der Waals surface area contributed by atoms with Crippen molar-refractivity contribution in [1.82, 2.24) is 4.98 Å². The molecule has 174 valence electrons. The number of aromatic nitrogens is 1. The van der Waals surface area contributed by atoms with Gasteiger partial charge in [0, 0.05) is 28.5 Å². The minimum Gasteiger partial charge on any atom is -0.487 e. The van der Waals surface area contributed by atoms with E-state index >= 15 is 0 Å². The van der Waals surface area contributed by atoms with E-state index in [2.05, 4.69) is 39.9 Å². The smallest absolute Gasteiger partial charge is 0.309 e. The van der Waals surface area contributed by atoms with E-state index in [0.29, 0.717) is 24.0 Å². The number of anilines is 1. The van der Waals surface area contributed by atoms with Crippen molar-refractivity contribution in [3.8, 4) is 17.0 Å². The van der Waals surface area contributed by atoms with Crippen molar-refractivity contribution in [3.05, 3.63) is 62.4 Å². The maximum Gasteiger partial charge on any atom is 0.309 e. The molecule has 3 aromatic rings. The first kappa shape index (κ1) is 24.0. The molecule has 1 aliphatic heterocycles. The molecule has 0 aliphatic carbocycles. The molecule has 1 saturated heterocycles. The van der Waals surface area contributed by atoms with Gasteiger partial charge in [-0.3, -0.25) is 4.79 Å². The van der Waals surface area contributed by atoms with E-state index in [0.717, 1.165) is 57.9 Å². The van der Waals surface area contributed by atoms with Gasteiger partial charge in [-0.25, -0.2) is 4.98 Å². The quantitative estimate of drug-likeness (QED) is 0.300. The van der Waals surface area contributed by atoms with Gasteiger partial charge in [0.25, 0.3) is 0 Å². The predicted molar refractivity (Wildman–Crippen MR) is 137 cm³/mol. The van der Waals surface area contributed by atoms with Gasteiger partial charge >= 0.3 is 5.97 Å². The monoisotopic (exact) mass is 548 g/mol. The van der Waals surface area contributed by atoms with E-state index in [-0.39, 0.29) is 11.9 Å². The van der Waals surface area contributed by atoms with Crippen LogP contribution in [0.4, 0.5) is 5.13 Å². The fourth-order valence-corrected chi connectivity index (χ4v) is 5.51. The molecule has 0 bridgehead atoms. The molecule has 0 amide bonds. The Labute approximate surface area is 211 Å². The van der Waals surface area contributed by atoms with E-state index < -0.39 is 0 Å². The summed E-state index contributed by atoms with van der Waals surface area (Å²) in [5.41, 5.74) is 3.97. The lowest BCUT2D eigenvalue weighted by atomic mass is 9.97. The summed E-state index contributed by atoms with van der Waals surface area (Å²) in [6, 6.07) is 11.9. The van der Waals surface area contributed by atoms with Gasteiger partial charge in [-0.15, -0.1) is 11.3 Å². The number of thiazole rings is 1. The Balaban J connectivity index is 1.48. The first-order valence-electron chi connectivity index (χ1n) is 11.0. The van der Waals surface area contributed by atoms with Crippen molar-refractivity contribution in [3.63, 3.8) is 0 Å². The number of ether oxygens (including phenoxy) is 2. The maximum absolute atomic E-state index is 12.0. The van der Waals surface area contributed by atoms with Gasteiger partial charge in [0.2, 0.25) is 0 Å². The van der Waals surface area contributed by atoms with Crippen LogP contribution in [0, 0.1) is 12.8 Å². The van der Waals surface area contributed by atoms with Crippen LogP contribution in [0.2, 0.25) is 5.02 Å². The number of carbonyl (C=O) groups excluding carboxylic acids is 1. The number of carbonyl (C=O) groups is 1. The third kappa shape index (κ3) is 5.70. The van der Waals surface area contributed by atoms with Crippen LogP contribution >= 0.6 is 38.9 Å². The number of halogens is 2. The zero-order valence-corrected chi connectivity index (χ0v) is 21.8. The van der Waals surface area contributed by atoms with E-state index in [9.17, 15) is 4.79 Å². The lowest BCUT2D eigenvalue weighted by Gasteiger charge is -2.30. The minimum atomic E-state index is -0.0845. The molecule has 1 aliphatic rings. The van der Waals surface area contributed by atoms with Crippen LogP contribution in [0.5, 0.6) is 5.75 Å². The van der Waals surface area contributed by atoms with Crippen molar-refractivity contribution in [2.75, 3.05) is 24.6 Å². The molecule has 2 heterocycles. The molecule has 0 unspecified atom stereocenters. The number of hydrogen-bond donors (Lipinski definition) is 0. The highest BCUT2D eigenvalue weighted by Gasteiger charge is 2.27. The van der Waals surface area contributed by atoms with Crippen LogP contribution in [-0.2, 0) is 16.1 Å². The van der Waals surface area contributed by atoms with Crippen LogP contribution in [0.15, 0.2) is 46.3 Å².